The van der Waals surface area contributed by atoms with E-state index in [2.05, 4.69) is 0 Å². The topological polar surface area (TPSA) is 158 Å². The van der Waals surface area contributed by atoms with E-state index >= 15 is 0 Å². The van der Waals surface area contributed by atoms with Crippen molar-refractivity contribution in [1.82, 2.24) is 0 Å². The predicted molar refractivity (Wildman–Crippen MR) is 79.7 cm³/mol. The molecule has 3 aliphatic rings. The van der Waals surface area contributed by atoms with Crippen molar-refractivity contribution in [3.05, 3.63) is 0 Å². The minimum atomic E-state index is -1.49. The van der Waals surface area contributed by atoms with Gasteiger partial charge >= 0.3 is 0 Å². The molecule has 146 valence electrons. The lowest BCUT2D eigenvalue weighted by molar-refractivity contribution is -0.185. The van der Waals surface area contributed by atoms with Crippen LogP contribution in [0.25, 0.3) is 0 Å². The van der Waals surface area contributed by atoms with Crippen molar-refractivity contribution in [3.63, 3.8) is 0 Å². The summed E-state index contributed by atoms with van der Waals surface area (Å²) in [6, 6.07) is 0. The smallest absolute Gasteiger partial charge is 0.143 e. The molecule has 8 unspecified atom stereocenters. The Labute approximate surface area is 144 Å². The maximum atomic E-state index is 10.4. The van der Waals surface area contributed by atoms with E-state index in [9.17, 15) is 30.6 Å². The predicted octanol–water partition coefficient (Wildman–Crippen LogP) is -3.87. The molecule has 0 amide bonds. The van der Waals surface area contributed by atoms with Gasteiger partial charge in [0.1, 0.15) is 41.7 Å². The van der Waals surface area contributed by atoms with Gasteiger partial charge < -0.3 is 49.6 Å². The van der Waals surface area contributed by atoms with Gasteiger partial charge in [-0.25, -0.2) is 0 Å². The number of hydrogen-bond donors (Lipinski definition) is 6. The van der Waals surface area contributed by atoms with Crippen LogP contribution >= 0.6 is 0 Å². The molecule has 2 bridgehead atoms. The number of hydrogen-bond acceptors (Lipinski definition) is 10. The molecule has 0 saturated carbocycles. The van der Waals surface area contributed by atoms with E-state index in [0.717, 1.165) is 0 Å². The molecule has 8 atom stereocenters. The maximum Gasteiger partial charge on any atom is 0.143 e. The highest BCUT2D eigenvalue weighted by Gasteiger charge is 2.57. The van der Waals surface area contributed by atoms with E-state index in [-0.39, 0.29) is 32.8 Å². The Hall–Kier alpha value is -0.400. The van der Waals surface area contributed by atoms with Crippen molar-refractivity contribution in [2.75, 3.05) is 39.6 Å². The van der Waals surface area contributed by atoms with Gasteiger partial charge in [0.25, 0.3) is 0 Å². The Balaban J connectivity index is 1.79. The summed E-state index contributed by atoms with van der Waals surface area (Å²) in [7, 11) is 0. The lowest BCUT2D eigenvalue weighted by Gasteiger charge is -2.34. The van der Waals surface area contributed by atoms with Crippen LogP contribution in [0.4, 0.5) is 0 Å². The van der Waals surface area contributed by atoms with Crippen LogP contribution in [-0.2, 0) is 18.9 Å². The van der Waals surface area contributed by atoms with Gasteiger partial charge in [-0.05, 0) is 6.42 Å². The van der Waals surface area contributed by atoms with E-state index in [4.69, 9.17) is 18.9 Å². The number of fused-ring (bicyclic) bond motifs is 2. The van der Waals surface area contributed by atoms with E-state index in [1.54, 1.807) is 0 Å². The summed E-state index contributed by atoms with van der Waals surface area (Å²) in [5.41, 5.74) is -2.88. The van der Waals surface area contributed by atoms with Gasteiger partial charge in [0, 0.05) is 6.61 Å². The van der Waals surface area contributed by atoms with Gasteiger partial charge in [0.05, 0.1) is 39.1 Å². The summed E-state index contributed by atoms with van der Waals surface area (Å²) in [6.45, 7) is -1.49. The number of aliphatic hydroxyl groups excluding tert-OH is 6. The zero-order chi connectivity index (χ0) is 18.2. The van der Waals surface area contributed by atoms with Crippen LogP contribution in [0.3, 0.4) is 0 Å². The van der Waals surface area contributed by atoms with Crippen LogP contribution in [0.1, 0.15) is 6.42 Å². The van der Waals surface area contributed by atoms with E-state index in [0.29, 0.717) is 0 Å². The summed E-state index contributed by atoms with van der Waals surface area (Å²) in [5, 5.41) is 59.7. The van der Waals surface area contributed by atoms with Crippen molar-refractivity contribution in [3.8, 4) is 0 Å². The Morgan fingerprint density at radius 2 is 1.56 bits per heavy atom. The lowest BCUT2D eigenvalue weighted by atomic mass is 9.94. The molecule has 6 N–H and O–H groups in total. The highest BCUT2D eigenvalue weighted by atomic mass is 16.6. The third-order valence-electron chi connectivity index (χ3n) is 5.29. The maximum absolute atomic E-state index is 10.4. The molecular formula is C15H26O10. The van der Waals surface area contributed by atoms with Crippen LogP contribution < -0.4 is 0 Å². The van der Waals surface area contributed by atoms with Crippen LogP contribution in [0.15, 0.2) is 0 Å². The third kappa shape index (κ3) is 3.21. The quantitative estimate of drug-likeness (QED) is 0.285. The zero-order valence-corrected chi connectivity index (χ0v) is 13.7. The molecule has 10 nitrogen and oxygen atoms in total. The molecule has 0 aromatic heterocycles. The van der Waals surface area contributed by atoms with Crippen LogP contribution in [0, 0.1) is 0 Å². The lowest BCUT2D eigenvalue weighted by Crippen LogP contribution is -2.54. The summed E-state index contributed by atoms with van der Waals surface area (Å²) < 4.78 is 22.3. The SMILES string of the molecule is OCC1OC2(COCCC3OC(CO)(COC2)C(O)C3O)C(O)C1O. The summed E-state index contributed by atoms with van der Waals surface area (Å²) >= 11 is 0. The fourth-order valence-electron chi connectivity index (χ4n) is 3.70. The van der Waals surface area contributed by atoms with Gasteiger partial charge in [-0.1, -0.05) is 0 Å². The van der Waals surface area contributed by atoms with E-state index in [1.165, 1.54) is 0 Å². The minimum Gasteiger partial charge on any atom is -0.394 e. The van der Waals surface area contributed by atoms with Crippen LogP contribution in [0.5, 0.6) is 0 Å². The second-order valence-corrected chi connectivity index (χ2v) is 6.99. The second kappa shape index (κ2) is 7.31. The van der Waals surface area contributed by atoms with Crippen molar-refractivity contribution in [1.29, 1.82) is 0 Å². The first kappa shape index (κ1) is 19.4. The molecule has 25 heavy (non-hydrogen) atoms. The van der Waals surface area contributed by atoms with Crippen LogP contribution in [-0.4, -0.2) is 118 Å². The average molecular weight is 366 g/mol. The molecule has 0 aromatic rings. The minimum absolute atomic E-state index is 0.0980. The summed E-state index contributed by atoms with van der Waals surface area (Å²) in [5.74, 6) is 0. The molecule has 3 aliphatic heterocycles. The molecule has 3 fully saturated rings. The van der Waals surface area contributed by atoms with Crippen molar-refractivity contribution in [2.45, 2.75) is 54.2 Å². The Morgan fingerprint density at radius 3 is 2.20 bits per heavy atom. The summed E-state index contributed by atoms with van der Waals surface area (Å²) in [6.07, 6.45) is -6.62. The molecule has 10 heteroatoms. The Bertz CT molecular complexity index is 464. The number of aliphatic hydroxyl groups is 6. The first-order valence-corrected chi connectivity index (χ1v) is 8.34. The average Bonchev–Trinajstić information content (AvgIpc) is 2.98. The van der Waals surface area contributed by atoms with E-state index in [1.807, 2.05) is 0 Å². The highest BCUT2D eigenvalue weighted by Crippen LogP contribution is 2.36. The van der Waals surface area contributed by atoms with E-state index < -0.39 is 61.0 Å². The number of ether oxygens (including phenoxy) is 4. The number of rotatable bonds is 2. The van der Waals surface area contributed by atoms with Crippen molar-refractivity contribution in [2.24, 2.45) is 0 Å². The molecule has 3 rings (SSSR count). The first-order chi connectivity index (χ1) is 11.9. The third-order valence-corrected chi connectivity index (χ3v) is 5.29. The highest BCUT2D eigenvalue weighted by molar-refractivity contribution is 5.05. The fourth-order valence-corrected chi connectivity index (χ4v) is 3.70. The normalized spacial score (nSPS) is 51.6. The zero-order valence-electron chi connectivity index (χ0n) is 13.7. The monoisotopic (exact) mass is 366 g/mol. The van der Waals surface area contributed by atoms with Crippen molar-refractivity contribution < 1.29 is 49.6 Å². The molecule has 0 aliphatic carbocycles. The van der Waals surface area contributed by atoms with Crippen molar-refractivity contribution >= 4 is 0 Å². The van der Waals surface area contributed by atoms with Gasteiger partial charge in [0.2, 0.25) is 0 Å². The molecule has 1 spiro atoms. The Morgan fingerprint density at radius 1 is 0.840 bits per heavy atom. The molecule has 3 heterocycles. The Kier molecular flexibility index (Phi) is 5.66. The van der Waals surface area contributed by atoms with Gasteiger partial charge in [-0.15, -0.1) is 0 Å². The first-order valence-electron chi connectivity index (χ1n) is 8.34. The van der Waals surface area contributed by atoms with Gasteiger partial charge in [-0.2, -0.15) is 0 Å². The molecule has 3 saturated heterocycles. The second-order valence-electron chi connectivity index (χ2n) is 6.99. The molecule has 0 radical (unpaired) electrons. The van der Waals surface area contributed by atoms with Crippen LogP contribution in [0.2, 0.25) is 0 Å². The van der Waals surface area contributed by atoms with Gasteiger partial charge in [0.15, 0.2) is 0 Å². The fraction of sp³-hybridized carbons (Fsp3) is 1.00. The molecule has 0 aromatic carbocycles. The largest absolute Gasteiger partial charge is 0.394 e. The standard InChI is InChI=1S/C15H26O10/c16-3-9-11(19)13(21)15(25-9)6-22-2-1-8-10(18)12(20)14(4-17,24-8)5-23-7-15/h8-13,16-21H,1-7H2. The molecular weight excluding hydrogens is 340 g/mol. The van der Waals surface area contributed by atoms with Gasteiger partial charge in [-0.3, -0.25) is 0 Å². The summed E-state index contributed by atoms with van der Waals surface area (Å²) in [4.78, 5) is 0.